The molecule has 1 heterocycles. The van der Waals surface area contributed by atoms with Gasteiger partial charge in [-0.05, 0) is 13.0 Å². The van der Waals surface area contributed by atoms with E-state index in [0.717, 1.165) is 19.5 Å². The molecule has 1 aromatic rings. The van der Waals surface area contributed by atoms with Gasteiger partial charge in [-0.15, -0.1) is 0 Å². The third-order valence-corrected chi connectivity index (χ3v) is 2.43. The van der Waals surface area contributed by atoms with Crippen LogP contribution >= 0.6 is 0 Å². The first-order valence-corrected chi connectivity index (χ1v) is 5.67. The van der Waals surface area contributed by atoms with Gasteiger partial charge in [0.15, 0.2) is 0 Å². The summed E-state index contributed by atoms with van der Waals surface area (Å²) in [5.74, 6) is 0. The Kier molecular flexibility index (Phi) is 5.58. The van der Waals surface area contributed by atoms with Gasteiger partial charge in [0, 0.05) is 13.1 Å². The summed E-state index contributed by atoms with van der Waals surface area (Å²) in [6.45, 7) is 5.05. The molecule has 1 rings (SSSR count). The third-order valence-electron chi connectivity index (χ3n) is 2.43. The monoisotopic (exact) mass is 242 g/mol. The highest BCUT2D eigenvalue weighted by Crippen LogP contribution is 2.07. The quantitative estimate of drug-likeness (QED) is 0.530. The van der Waals surface area contributed by atoms with E-state index in [9.17, 15) is 10.1 Å². The minimum atomic E-state index is -0.457. The highest BCUT2D eigenvalue weighted by molar-refractivity contribution is 5.20. The van der Waals surface area contributed by atoms with Crippen LogP contribution in [0.4, 0.5) is 5.69 Å². The van der Waals surface area contributed by atoms with Crippen molar-refractivity contribution < 1.29 is 10.0 Å². The van der Waals surface area contributed by atoms with Crippen molar-refractivity contribution in [3.05, 3.63) is 22.5 Å². The highest BCUT2D eigenvalue weighted by Gasteiger charge is 2.09. The Bertz CT molecular complexity index is 347. The molecule has 0 bridgehead atoms. The molecule has 7 nitrogen and oxygen atoms in total. The Morgan fingerprint density at radius 1 is 1.53 bits per heavy atom. The van der Waals surface area contributed by atoms with E-state index in [-0.39, 0.29) is 12.3 Å². The molecule has 0 fully saturated rings. The molecule has 0 atom stereocenters. The number of nitro groups is 1. The SMILES string of the molecule is CCCN(CCO)CCn1cc([N+](=O)[O-])cn1. The maximum absolute atomic E-state index is 10.5. The summed E-state index contributed by atoms with van der Waals surface area (Å²) in [5.41, 5.74) is 0.00852. The summed E-state index contributed by atoms with van der Waals surface area (Å²) in [6, 6.07) is 0. The van der Waals surface area contributed by atoms with Crippen molar-refractivity contribution in [3.8, 4) is 0 Å². The van der Waals surface area contributed by atoms with Crippen LogP contribution in [0.15, 0.2) is 12.4 Å². The van der Waals surface area contributed by atoms with Crippen molar-refractivity contribution in [1.82, 2.24) is 14.7 Å². The smallest absolute Gasteiger partial charge is 0.306 e. The van der Waals surface area contributed by atoms with Crippen molar-refractivity contribution in [3.63, 3.8) is 0 Å². The molecule has 0 aromatic carbocycles. The molecule has 1 N–H and O–H groups in total. The van der Waals surface area contributed by atoms with Crippen LogP contribution in [-0.2, 0) is 6.54 Å². The lowest BCUT2D eigenvalue weighted by Crippen LogP contribution is -2.31. The van der Waals surface area contributed by atoms with Crippen LogP contribution in [-0.4, -0.2) is 51.0 Å². The van der Waals surface area contributed by atoms with Crippen LogP contribution in [0, 0.1) is 10.1 Å². The van der Waals surface area contributed by atoms with Gasteiger partial charge in [-0.2, -0.15) is 5.10 Å². The molecule has 0 radical (unpaired) electrons. The van der Waals surface area contributed by atoms with E-state index < -0.39 is 4.92 Å². The van der Waals surface area contributed by atoms with E-state index in [1.54, 1.807) is 4.68 Å². The summed E-state index contributed by atoms with van der Waals surface area (Å²) >= 11 is 0. The molecule has 96 valence electrons. The molecule has 0 saturated carbocycles. The Morgan fingerprint density at radius 3 is 2.82 bits per heavy atom. The van der Waals surface area contributed by atoms with Crippen LogP contribution in [0.25, 0.3) is 0 Å². The van der Waals surface area contributed by atoms with Gasteiger partial charge in [-0.3, -0.25) is 19.7 Å². The molecule has 7 heteroatoms. The first kappa shape index (κ1) is 13.6. The van der Waals surface area contributed by atoms with Crippen LogP contribution in [0.1, 0.15) is 13.3 Å². The Balaban J connectivity index is 2.44. The summed E-state index contributed by atoms with van der Waals surface area (Å²) in [6.07, 6.45) is 3.68. The van der Waals surface area contributed by atoms with Crippen molar-refractivity contribution in [2.75, 3.05) is 26.2 Å². The lowest BCUT2D eigenvalue weighted by Gasteiger charge is -2.19. The van der Waals surface area contributed by atoms with E-state index in [4.69, 9.17) is 5.11 Å². The van der Waals surface area contributed by atoms with Gasteiger partial charge in [0.05, 0.1) is 18.1 Å². The summed E-state index contributed by atoms with van der Waals surface area (Å²) in [4.78, 5) is 12.1. The summed E-state index contributed by atoms with van der Waals surface area (Å²) in [5, 5.41) is 23.3. The zero-order valence-corrected chi connectivity index (χ0v) is 9.95. The summed E-state index contributed by atoms with van der Waals surface area (Å²) in [7, 11) is 0. The molecule has 0 amide bonds. The van der Waals surface area contributed by atoms with Crippen LogP contribution in [0.3, 0.4) is 0 Å². The number of aliphatic hydroxyl groups is 1. The number of hydrogen-bond acceptors (Lipinski definition) is 5. The van der Waals surface area contributed by atoms with E-state index in [1.807, 2.05) is 0 Å². The molecule has 0 aliphatic heterocycles. The zero-order chi connectivity index (χ0) is 12.7. The third kappa shape index (κ3) is 4.49. The van der Waals surface area contributed by atoms with Gasteiger partial charge < -0.3 is 5.11 Å². The van der Waals surface area contributed by atoms with Crippen LogP contribution in [0.2, 0.25) is 0 Å². The minimum Gasteiger partial charge on any atom is -0.395 e. The molecule has 0 saturated heterocycles. The number of aromatic nitrogens is 2. The molecular weight excluding hydrogens is 224 g/mol. The molecular formula is C10H18N4O3. The fourth-order valence-corrected chi connectivity index (χ4v) is 1.61. The molecule has 0 spiro atoms. The van der Waals surface area contributed by atoms with Gasteiger partial charge in [0.2, 0.25) is 0 Å². The Hall–Kier alpha value is -1.47. The fourth-order valence-electron chi connectivity index (χ4n) is 1.61. The van der Waals surface area contributed by atoms with Gasteiger partial charge in [0.1, 0.15) is 12.4 Å². The van der Waals surface area contributed by atoms with Crippen LogP contribution in [0.5, 0.6) is 0 Å². The van der Waals surface area contributed by atoms with E-state index >= 15 is 0 Å². The van der Waals surface area contributed by atoms with Gasteiger partial charge >= 0.3 is 5.69 Å². The molecule has 1 aromatic heterocycles. The first-order valence-electron chi connectivity index (χ1n) is 5.67. The summed E-state index contributed by atoms with van der Waals surface area (Å²) < 4.78 is 1.55. The Morgan fingerprint density at radius 2 is 2.29 bits per heavy atom. The first-order chi connectivity index (χ1) is 8.17. The predicted molar refractivity (Wildman–Crippen MR) is 62.7 cm³/mol. The largest absolute Gasteiger partial charge is 0.395 e. The highest BCUT2D eigenvalue weighted by atomic mass is 16.6. The van der Waals surface area contributed by atoms with Crippen LogP contribution < -0.4 is 0 Å². The predicted octanol–water partition coefficient (Wildman–Crippen LogP) is 0.496. The minimum absolute atomic E-state index is 0.00852. The van der Waals surface area contributed by atoms with E-state index in [1.165, 1.54) is 12.4 Å². The number of rotatable bonds is 8. The molecule has 0 unspecified atom stereocenters. The van der Waals surface area contributed by atoms with Crippen molar-refractivity contribution in [2.24, 2.45) is 0 Å². The van der Waals surface area contributed by atoms with Crippen molar-refractivity contribution in [2.45, 2.75) is 19.9 Å². The maximum Gasteiger partial charge on any atom is 0.306 e. The number of nitrogens with zero attached hydrogens (tertiary/aromatic N) is 4. The molecule has 17 heavy (non-hydrogen) atoms. The average Bonchev–Trinajstić information content (AvgIpc) is 2.75. The normalized spacial score (nSPS) is 11.0. The number of aliphatic hydroxyl groups excluding tert-OH is 1. The second kappa shape index (κ2) is 6.97. The van der Waals surface area contributed by atoms with Gasteiger partial charge in [-0.1, -0.05) is 6.92 Å². The van der Waals surface area contributed by atoms with E-state index in [2.05, 4.69) is 16.9 Å². The van der Waals surface area contributed by atoms with Gasteiger partial charge in [-0.25, -0.2) is 0 Å². The standard InChI is InChI=1S/C10H18N4O3/c1-2-3-12(6-7-15)4-5-13-9-10(8-11-13)14(16)17/h8-9,15H,2-7H2,1H3. The second-order valence-electron chi connectivity index (χ2n) is 3.78. The number of hydrogen-bond donors (Lipinski definition) is 1. The fraction of sp³-hybridized carbons (Fsp3) is 0.700. The molecule has 0 aliphatic carbocycles. The Labute approximate surface area is 99.8 Å². The van der Waals surface area contributed by atoms with Crippen molar-refractivity contribution >= 4 is 5.69 Å². The second-order valence-corrected chi connectivity index (χ2v) is 3.78. The van der Waals surface area contributed by atoms with Gasteiger partial charge in [0.25, 0.3) is 0 Å². The van der Waals surface area contributed by atoms with E-state index in [0.29, 0.717) is 13.1 Å². The lowest BCUT2D eigenvalue weighted by atomic mass is 10.4. The lowest BCUT2D eigenvalue weighted by molar-refractivity contribution is -0.385. The maximum atomic E-state index is 10.5. The topological polar surface area (TPSA) is 84.4 Å². The van der Waals surface area contributed by atoms with Crippen molar-refractivity contribution in [1.29, 1.82) is 0 Å². The average molecular weight is 242 g/mol. The molecule has 0 aliphatic rings. The zero-order valence-electron chi connectivity index (χ0n) is 9.95.